The van der Waals surface area contributed by atoms with Gasteiger partial charge in [-0.15, -0.1) is 0 Å². The van der Waals surface area contributed by atoms with Crippen LogP contribution in [0.1, 0.15) is 0 Å². The van der Waals surface area contributed by atoms with E-state index in [0.29, 0.717) is 0 Å². The summed E-state index contributed by atoms with van der Waals surface area (Å²) in [7, 11) is 0. The zero-order valence-corrected chi connectivity index (χ0v) is 9.13. The van der Waals surface area contributed by atoms with Gasteiger partial charge in [-0.05, 0) is 50.1 Å². The van der Waals surface area contributed by atoms with Crippen molar-refractivity contribution < 1.29 is 0 Å². The van der Waals surface area contributed by atoms with Gasteiger partial charge in [-0.3, -0.25) is 0 Å². The Labute approximate surface area is 86.3 Å². The number of aromatic nitrogens is 2. The molecule has 0 aromatic carbocycles. The van der Waals surface area contributed by atoms with E-state index in [9.17, 15) is 0 Å². The minimum atomic E-state index is 0.749. The molecule has 0 unspecified atom stereocenters. The number of nitrogens with zero attached hydrogens (tertiary/aromatic N) is 2. The molecular formula is C8H4Br2N2. The first-order chi connectivity index (χ1) is 5.77. The van der Waals surface area contributed by atoms with Gasteiger partial charge in [0.15, 0.2) is 5.65 Å². The maximum atomic E-state index is 4.21. The largest absolute Gasteiger partial charge is 0.237 e. The predicted octanol–water partition coefficient (Wildman–Crippen LogP) is 3.15. The first-order valence-corrected chi connectivity index (χ1v) is 4.93. The van der Waals surface area contributed by atoms with Crippen LogP contribution in [0.25, 0.3) is 11.0 Å². The SMILES string of the molecule is Brc1cc(Br)c2cccnc2n1. The van der Waals surface area contributed by atoms with Crippen LogP contribution in [0.2, 0.25) is 0 Å². The number of hydrogen-bond donors (Lipinski definition) is 0. The lowest BCUT2D eigenvalue weighted by Crippen LogP contribution is -1.84. The third kappa shape index (κ3) is 1.36. The summed E-state index contributed by atoms with van der Waals surface area (Å²) in [5.74, 6) is 0. The molecule has 2 heterocycles. The van der Waals surface area contributed by atoms with Crippen LogP contribution in [-0.4, -0.2) is 9.97 Å². The molecule has 0 spiro atoms. The lowest BCUT2D eigenvalue weighted by molar-refractivity contribution is 1.25. The van der Waals surface area contributed by atoms with E-state index >= 15 is 0 Å². The molecule has 0 saturated heterocycles. The molecule has 12 heavy (non-hydrogen) atoms. The summed E-state index contributed by atoms with van der Waals surface area (Å²) >= 11 is 6.74. The molecule has 0 fully saturated rings. The van der Waals surface area contributed by atoms with Crippen molar-refractivity contribution in [2.75, 3.05) is 0 Å². The van der Waals surface area contributed by atoms with Crippen molar-refractivity contribution >= 4 is 42.9 Å². The standard InChI is InChI=1S/C8H4Br2N2/c9-6-4-7(10)12-8-5(6)2-1-3-11-8/h1-4H. The lowest BCUT2D eigenvalue weighted by atomic mass is 10.3. The summed E-state index contributed by atoms with van der Waals surface area (Å²) in [5, 5.41) is 1.03. The van der Waals surface area contributed by atoms with Crippen molar-refractivity contribution in [3.8, 4) is 0 Å². The molecular weight excluding hydrogens is 284 g/mol. The number of rotatable bonds is 0. The molecule has 0 saturated carbocycles. The monoisotopic (exact) mass is 286 g/mol. The van der Waals surface area contributed by atoms with Crippen LogP contribution in [0.3, 0.4) is 0 Å². The van der Waals surface area contributed by atoms with E-state index < -0.39 is 0 Å². The van der Waals surface area contributed by atoms with Crippen molar-refractivity contribution in [3.63, 3.8) is 0 Å². The molecule has 0 radical (unpaired) electrons. The van der Waals surface area contributed by atoms with Gasteiger partial charge in [0.25, 0.3) is 0 Å². The number of halogens is 2. The zero-order chi connectivity index (χ0) is 8.55. The van der Waals surface area contributed by atoms with Crippen LogP contribution in [-0.2, 0) is 0 Å². The zero-order valence-electron chi connectivity index (χ0n) is 5.96. The number of fused-ring (bicyclic) bond motifs is 1. The predicted molar refractivity (Wildman–Crippen MR) is 54.9 cm³/mol. The minimum absolute atomic E-state index is 0.749. The average Bonchev–Trinajstić information content (AvgIpc) is 2.04. The molecule has 60 valence electrons. The molecule has 2 nitrogen and oxygen atoms in total. The first-order valence-electron chi connectivity index (χ1n) is 3.34. The van der Waals surface area contributed by atoms with Gasteiger partial charge in [0.05, 0.1) is 0 Å². The van der Waals surface area contributed by atoms with Crippen molar-refractivity contribution in [2.24, 2.45) is 0 Å². The number of hydrogen-bond acceptors (Lipinski definition) is 2. The quantitative estimate of drug-likeness (QED) is 0.696. The van der Waals surface area contributed by atoms with E-state index in [4.69, 9.17) is 0 Å². The second-order valence-corrected chi connectivity index (χ2v) is 3.97. The molecule has 4 heteroatoms. The van der Waals surface area contributed by atoms with Crippen LogP contribution in [0.4, 0.5) is 0 Å². The summed E-state index contributed by atoms with van der Waals surface area (Å²) in [6.45, 7) is 0. The fraction of sp³-hybridized carbons (Fsp3) is 0. The molecule has 0 bridgehead atoms. The van der Waals surface area contributed by atoms with Gasteiger partial charge in [0, 0.05) is 16.1 Å². The van der Waals surface area contributed by atoms with E-state index in [1.807, 2.05) is 18.2 Å². The van der Waals surface area contributed by atoms with Gasteiger partial charge in [-0.1, -0.05) is 0 Å². The van der Waals surface area contributed by atoms with Crippen molar-refractivity contribution in [2.45, 2.75) is 0 Å². The third-order valence-electron chi connectivity index (χ3n) is 1.50. The normalized spacial score (nSPS) is 10.5. The van der Waals surface area contributed by atoms with Crippen molar-refractivity contribution in [1.82, 2.24) is 9.97 Å². The summed E-state index contributed by atoms with van der Waals surface area (Å²) in [4.78, 5) is 8.34. The summed E-state index contributed by atoms with van der Waals surface area (Å²) in [6, 6.07) is 5.78. The summed E-state index contributed by atoms with van der Waals surface area (Å²) in [6.07, 6.45) is 1.73. The minimum Gasteiger partial charge on any atom is -0.237 e. The average molecular weight is 288 g/mol. The maximum absolute atomic E-state index is 4.21. The van der Waals surface area contributed by atoms with Crippen LogP contribution in [0, 0.1) is 0 Å². The molecule has 0 atom stereocenters. The van der Waals surface area contributed by atoms with Crippen LogP contribution in [0.15, 0.2) is 33.5 Å². The molecule has 0 aliphatic carbocycles. The number of pyridine rings is 2. The fourth-order valence-corrected chi connectivity index (χ4v) is 2.22. The van der Waals surface area contributed by atoms with Gasteiger partial charge in [0.2, 0.25) is 0 Å². The second-order valence-electron chi connectivity index (χ2n) is 2.30. The van der Waals surface area contributed by atoms with E-state index in [1.165, 1.54) is 0 Å². The Morgan fingerprint density at radius 1 is 1.25 bits per heavy atom. The van der Waals surface area contributed by atoms with Crippen LogP contribution in [0.5, 0.6) is 0 Å². The maximum Gasteiger partial charge on any atom is 0.161 e. The smallest absolute Gasteiger partial charge is 0.161 e. The summed E-state index contributed by atoms with van der Waals surface area (Å²) in [5.41, 5.74) is 0.749. The highest BCUT2D eigenvalue weighted by atomic mass is 79.9. The molecule has 2 rings (SSSR count). The van der Waals surface area contributed by atoms with E-state index in [-0.39, 0.29) is 0 Å². The highest BCUT2D eigenvalue weighted by Gasteiger charge is 2.00. The van der Waals surface area contributed by atoms with Crippen molar-refractivity contribution in [3.05, 3.63) is 33.5 Å². The van der Waals surface area contributed by atoms with Crippen molar-refractivity contribution in [1.29, 1.82) is 0 Å². The second kappa shape index (κ2) is 3.11. The third-order valence-corrected chi connectivity index (χ3v) is 2.56. The molecule has 2 aromatic rings. The fourth-order valence-electron chi connectivity index (χ4n) is 0.988. The highest BCUT2D eigenvalue weighted by molar-refractivity contribution is 9.11. The lowest BCUT2D eigenvalue weighted by Gasteiger charge is -1.98. The van der Waals surface area contributed by atoms with E-state index in [2.05, 4.69) is 41.8 Å². The molecule has 0 amide bonds. The molecule has 0 aliphatic rings. The highest BCUT2D eigenvalue weighted by Crippen LogP contribution is 2.23. The van der Waals surface area contributed by atoms with E-state index in [1.54, 1.807) is 6.20 Å². The van der Waals surface area contributed by atoms with Gasteiger partial charge in [-0.25, -0.2) is 9.97 Å². The Bertz CT molecular complexity index is 428. The topological polar surface area (TPSA) is 25.8 Å². The van der Waals surface area contributed by atoms with Gasteiger partial charge < -0.3 is 0 Å². The summed E-state index contributed by atoms with van der Waals surface area (Å²) < 4.78 is 1.80. The van der Waals surface area contributed by atoms with E-state index in [0.717, 1.165) is 20.1 Å². The Hall–Kier alpha value is -0.480. The Balaban J connectivity index is 2.89. The van der Waals surface area contributed by atoms with Crippen LogP contribution >= 0.6 is 31.9 Å². The molecule has 2 aromatic heterocycles. The Morgan fingerprint density at radius 3 is 2.92 bits per heavy atom. The first kappa shape index (κ1) is 8.13. The molecule has 0 aliphatic heterocycles. The Morgan fingerprint density at radius 2 is 2.08 bits per heavy atom. The Kier molecular flexibility index (Phi) is 2.11. The van der Waals surface area contributed by atoms with Gasteiger partial charge in [0.1, 0.15) is 4.60 Å². The van der Waals surface area contributed by atoms with Gasteiger partial charge in [-0.2, -0.15) is 0 Å². The van der Waals surface area contributed by atoms with Gasteiger partial charge >= 0.3 is 0 Å². The van der Waals surface area contributed by atoms with Crippen LogP contribution < -0.4 is 0 Å². The molecule has 0 N–H and O–H groups in total.